The Hall–Kier alpha value is -2.14. The number of nitrogens with zero attached hydrogens (tertiary/aromatic N) is 1. The molecule has 2 N–H and O–H groups in total. The Labute approximate surface area is 120 Å². The highest BCUT2D eigenvalue weighted by Crippen LogP contribution is 2.19. The molecule has 0 aliphatic heterocycles. The van der Waals surface area contributed by atoms with E-state index >= 15 is 0 Å². The molecule has 0 unspecified atom stereocenters. The number of hydrogen-bond acceptors (Lipinski definition) is 3. The van der Waals surface area contributed by atoms with Crippen LogP contribution in [0.2, 0.25) is 0 Å². The number of rotatable bonds is 4. The van der Waals surface area contributed by atoms with E-state index in [0.717, 1.165) is 28.2 Å². The summed E-state index contributed by atoms with van der Waals surface area (Å²) < 4.78 is 0. The quantitative estimate of drug-likeness (QED) is 0.770. The summed E-state index contributed by atoms with van der Waals surface area (Å²) in [5, 5.41) is 4.92. The summed E-state index contributed by atoms with van der Waals surface area (Å²) in [4.78, 5) is 20.7. The van der Waals surface area contributed by atoms with Crippen molar-refractivity contribution in [3.05, 3.63) is 52.5 Å². The van der Waals surface area contributed by atoms with Crippen molar-refractivity contribution in [1.82, 2.24) is 15.3 Å². The molecule has 0 saturated heterocycles. The minimum absolute atomic E-state index is 0.0488. The molecule has 3 aromatic rings. The zero-order chi connectivity index (χ0) is 13.9. The van der Waals surface area contributed by atoms with E-state index in [4.69, 9.17) is 0 Å². The Balaban J connectivity index is 1.84. The smallest absolute Gasteiger partial charge is 0.261 e. The maximum atomic E-state index is 12.1. The van der Waals surface area contributed by atoms with Crippen molar-refractivity contribution in [1.29, 1.82) is 0 Å². The second kappa shape index (κ2) is 5.46. The van der Waals surface area contributed by atoms with E-state index in [0.29, 0.717) is 0 Å². The van der Waals surface area contributed by atoms with Gasteiger partial charge in [-0.2, -0.15) is 0 Å². The Bertz CT molecular complexity index is 685. The number of para-hydroxylation sites is 2. The van der Waals surface area contributed by atoms with Crippen LogP contribution in [0.1, 0.15) is 34.9 Å². The highest BCUT2D eigenvalue weighted by atomic mass is 32.1. The Morgan fingerprint density at radius 3 is 2.90 bits per heavy atom. The lowest BCUT2D eigenvalue weighted by molar-refractivity contribution is 0.0938. The van der Waals surface area contributed by atoms with Gasteiger partial charge in [0.25, 0.3) is 5.91 Å². The zero-order valence-corrected chi connectivity index (χ0v) is 11.9. The first kappa shape index (κ1) is 12.9. The van der Waals surface area contributed by atoms with Crippen molar-refractivity contribution in [2.75, 3.05) is 0 Å². The SMILES string of the molecule is CC[C@H](NC(=O)c1cccs1)c1nc2ccccc2[nH]1. The molecule has 1 aromatic carbocycles. The molecule has 0 spiro atoms. The molecular weight excluding hydrogens is 270 g/mol. The van der Waals surface area contributed by atoms with Gasteiger partial charge < -0.3 is 10.3 Å². The fraction of sp³-hybridized carbons (Fsp3) is 0.200. The third-order valence-electron chi connectivity index (χ3n) is 3.20. The predicted octanol–water partition coefficient (Wildman–Crippen LogP) is 3.51. The van der Waals surface area contributed by atoms with Crippen LogP contribution >= 0.6 is 11.3 Å². The topological polar surface area (TPSA) is 57.8 Å². The number of imidazole rings is 1. The number of amides is 1. The highest BCUT2D eigenvalue weighted by Gasteiger charge is 2.17. The molecule has 1 amide bonds. The summed E-state index contributed by atoms with van der Waals surface area (Å²) in [6.45, 7) is 2.03. The average molecular weight is 285 g/mol. The third-order valence-corrected chi connectivity index (χ3v) is 4.06. The molecule has 2 aromatic heterocycles. The molecule has 0 radical (unpaired) electrons. The standard InChI is InChI=1S/C15H15N3OS/c1-2-10(18-15(19)13-8-5-9-20-13)14-16-11-6-3-4-7-12(11)17-14/h3-10H,2H2,1H3,(H,16,17)(H,18,19)/t10-/m0/s1. The monoisotopic (exact) mass is 285 g/mol. The van der Waals surface area contributed by atoms with Crippen LogP contribution in [0.15, 0.2) is 41.8 Å². The lowest BCUT2D eigenvalue weighted by Gasteiger charge is -2.13. The van der Waals surface area contributed by atoms with E-state index in [-0.39, 0.29) is 11.9 Å². The zero-order valence-electron chi connectivity index (χ0n) is 11.1. The van der Waals surface area contributed by atoms with Gasteiger partial charge in [0, 0.05) is 0 Å². The summed E-state index contributed by atoms with van der Waals surface area (Å²) >= 11 is 1.44. The van der Waals surface area contributed by atoms with E-state index in [1.54, 1.807) is 0 Å². The van der Waals surface area contributed by atoms with E-state index in [1.807, 2.05) is 48.7 Å². The molecule has 20 heavy (non-hydrogen) atoms. The predicted molar refractivity (Wildman–Crippen MR) is 80.9 cm³/mol. The van der Waals surface area contributed by atoms with Crippen LogP contribution in [0.3, 0.4) is 0 Å². The van der Waals surface area contributed by atoms with Gasteiger partial charge in [0.2, 0.25) is 0 Å². The first-order valence-corrected chi connectivity index (χ1v) is 7.45. The maximum absolute atomic E-state index is 12.1. The number of nitrogens with one attached hydrogen (secondary N) is 2. The van der Waals surface area contributed by atoms with Crippen LogP contribution < -0.4 is 5.32 Å². The van der Waals surface area contributed by atoms with Crippen molar-refractivity contribution in [3.63, 3.8) is 0 Å². The third kappa shape index (κ3) is 2.44. The van der Waals surface area contributed by atoms with E-state index < -0.39 is 0 Å². The van der Waals surface area contributed by atoms with Crippen molar-refractivity contribution >= 4 is 28.3 Å². The number of H-pyrrole nitrogens is 1. The second-order valence-electron chi connectivity index (χ2n) is 4.55. The molecule has 0 fully saturated rings. The molecule has 2 heterocycles. The Morgan fingerprint density at radius 1 is 1.35 bits per heavy atom. The lowest BCUT2D eigenvalue weighted by Crippen LogP contribution is -2.28. The van der Waals surface area contributed by atoms with Gasteiger partial charge in [-0.25, -0.2) is 4.98 Å². The van der Waals surface area contributed by atoms with Crippen LogP contribution in [0, 0.1) is 0 Å². The number of fused-ring (bicyclic) bond motifs is 1. The van der Waals surface area contributed by atoms with Crippen molar-refractivity contribution in [3.8, 4) is 0 Å². The summed E-state index contributed by atoms with van der Waals surface area (Å²) in [5.41, 5.74) is 1.91. The van der Waals surface area contributed by atoms with Crippen LogP contribution in [0.4, 0.5) is 0 Å². The molecular formula is C15H15N3OS. The van der Waals surface area contributed by atoms with Crippen LogP contribution in [0.25, 0.3) is 11.0 Å². The summed E-state index contributed by atoms with van der Waals surface area (Å²) in [5.74, 6) is 0.755. The molecule has 0 aliphatic rings. The second-order valence-corrected chi connectivity index (χ2v) is 5.50. The molecule has 5 heteroatoms. The molecule has 4 nitrogen and oxygen atoms in total. The molecule has 0 saturated carbocycles. The van der Waals surface area contributed by atoms with Gasteiger partial charge >= 0.3 is 0 Å². The largest absolute Gasteiger partial charge is 0.341 e. The van der Waals surface area contributed by atoms with Gasteiger partial charge in [-0.3, -0.25) is 4.79 Å². The Kier molecular flexibility index (Phi) is 3.52. The summed E-state index contributed by atoms with van der Waals surface area (Å²) in [7, 11) is 0. The van der Waals surface area contributed by atoms with E-state index in [9.17, 15) is 4.79 Å². The van der Waals surface area contributed by atoms with Crippen LogP contribution in [-0.2, 0) is 0 Å². The van der Waals surface area contributed by atoms with Crippen molar-refractivity contribution in [2.45, 2.75) is 19.4 Å². The van der Waals surface area contributed by atoms with Crippen molar-refractivity contribution in [2.24, 2.45) is 0 Å². The molecule has 0 bridgehead atoms. The average Bonchev–Trinajstić information content (AvgIpc) is 3.12. The Morgan fingerprint density at radius 2 is 2.20 bits per heavy atom. The lowest BCUT2D eigenvalue weighted by atomic mass is 10.2. The summed E-state index contributed by atoms with van der Waals surface area (Å²) in [6, 6.07) is 11.5. The first-order chi connectivity index (χ1) is 9.78. The van der Waals surface area contributed by atoms with Crippen LogP contribution in [-0.4, -0.2) is 15.9 Å². The minimum atomic E-state index is -0.1000. The van der Waals surface area contributed by atoms with Gasteiger partial charge in [-0.05, 0) is 30.0 Å². The van der Waals surface area contributed by atoms with E-state index in [2.05, 4.69) is 15.3 Å². The van der Waals surface area contributed by atoms with Gasteiger partial charge in [0.05, 0.1) is 22.0 Å². The first-order valence-electron chi connectivity index (χ1n) is 6.57. The molecule has 3 rings (SSSR count). The number of aromatic amines is 1. The fourth-order valence-electron chi connectivity index (χ4n) is 2.14. The van der Waals surface area contributed by atoms with Gasteiger partial charge in [-0.15, -0.1) is 11.3 Å². The van der Waals surface area contributed by atoms with E-state index in [1.165, 1.54) is 11.3 Å². The number of carbonyl (C=O) groups excluding carboxylic acids is 1. The minimum Gasteiger partial charge on any atom is -0.341 e. The molecule has 0 aliphatic carbocycles. The van der Waals surface area contributed by atoms with Crippen LogP contribution in [0.5, 0.6) is 0 Å². The number of hydrogen-bond donors (Lipinski definition) is 2. The molecule has 102 valence electrons. The number of thiophene rings is 1. The summed E-state index contributed by atoms with van der Waals surface area (Å²) in [6.07, 6.45) is 0.789. The maximum Gasteiger partial charge on any atom is 0.261 e. The number of aromatic nitrogens is 2. The van der Waals surface area contributed by atoms with Gasteiger partial charge in [-0.1, -0.05) is 25.1 Å². The number of benzene rings is 1. The van der Waals surface area contributed by atoms with Gasteiger partial charge in [0.15, 0.2) is 0 Å². The fourth-order valence-corrected chi connectivity index (χ4v) is 2.77. The highest BCUT2D eigenvalue weighted by molar-refractivity contribution is 7.12. The van der Waals surface area contributed by atoms with Gasteiger partial charge in [0.1, 0.15) is 5.82 Å². The molecule has 1 atom stereocenters. The number of carbonyl (C=O) groups is 1. The normalized spacial score (nSPS) is 12.4. The van der Waals surface area contributed by atoms with Crippen molar-refractivity contribution < 1.29 is 4.79 Å².